The van der Waals surface area contributed by atoms with Crippen LogP contribution in [0, 0.1) is 0 Å². The normalized spacial score (nSPS) is 12.4. The molecule has 2 aromatic rings. The predicted molar refractivity (Wildman–Crippen MR) is 67.7 cm³/mol. The predicted octanol–water partition coefficient (Wildman–Crippen LogP) is 2.37. The molecule has 0 aliphatic rings. The minimum atomic E-state index is 0.223. The highest BCUT2D eigenvalue weighted by Gasteiger charge is 2.11. The maximum absolute atomic E-state index is 3.31. The molecular weight excluding hydrogens is 198 g/mol. The monoisotopic (exact) mass is 215 g/mol. The van der Waals surface area contributed by atoms with Crippen LogP contribution in [0.2, 0.25) is 0 Å². The zero-order valence-corrected chi connectivity index (χ0v) is 9.62. The lowest BCUT2D eigenvalue weighted by Crippen LogP contribution is -2.17. The molecule has 3 N–H and O–H groups in total. The van der Waals surface area contributed by atoms with E-state index < -0.39 is 0 Å². The summed E-state index contributed by atoms with van der Waals surface area (Å²) in [6.45, 7) is 0. The van der Waals surface area contributed by atoms with Gasteiger partial charge in [-0.25, -0.2) is 0 Å². The number of H-pyrrole nitrogens is 1. The second-order valence-electron chi connectivity index (χ2n) is 3.72. The first-order chi connectivity index (χ1) is 7.85. The number of anilines is 1. The molecule has 0 spiro atoms. The van der Waals surface area contributed by atoms with Gasteiger partial charge in [0, 0.05) is 24.6 Å². The van der Waals surface area contributed by atoms with E-state index in [9.17, 15) is 0 Å². The zero-order chi connectivity index (χ0) is 11.4. The average Bonchev–Trinajstić information content (AvgIpc) is 2.85. The third-order valence-corrected chi connectivity index (χ3v) is 2.75. The number of aromatic nitrogens is 1. The van der Waals surface area contributed by atoms with Crippen LogP contribution < -0.4 is 10.6 Å². The van der Waals surface area contributed by atoms with Gasteiger partial charge < -0.3 is 15.6 Å². The summed E-state index contributed by atoms with van der Waals surface area (Å²) in [5, 5.41) is 6.42. The van der Waals surface area contributed by atoms with Crippen LogP contribution in [-0.4, -0.2) is 19.1 Å². The minimum absolute atomic E-state index is 0.223. The van der Waals surface area contributed by atoms with Crippen molar-refractivity contribution in [2.45, 2.75) is 6.04 Å². The Labute approximate surface area is 95.9 Å². The van der Waals surface area contributed by atoms with Crippen LogP contribution in [0.25, 0.3) is 0 Å². The van der Waals surface area contributed by atoms with Gasteiger partial charge in [0.15, 0.2) is 0 Å². The van der Waals surface area contributed by atoms with Crippen molar-refractivity contribution in [3.05, 3.63) is 53.9 Å². The van der Waals surface area contributed by atoms with Crippen molar-refractivity contribution in [3.63, 3.8) is 0 Å². The summed E-state index contributed by atoms with van der Waals surface area (Å²) in [6.07, 6.45) is 1.95. The summed E-state index contributed by atoms with van der Waals surface area (Å²) in [5.41, 5.74) is 3.56. The summed E-state index contributed by atoms with van der Waals surface area (Å²) in [7, 11) is 3.90. The van der Waals surface area contributed by atoms with Crippen LogP contribution in [0.4, 0.5) is 5.69 Å². The van der Waals surface area contributed by atoms with Crippen molar-refractivity contribution in [2.24, 2.45) is 0 Å². The number of hydrogen-bond donors (Lipinski definition) is 3. The fourth-order valence-electron chi connectivity index (χ4n) is 1.87. The lowest BCUT2D eigenvalue weighted by atomic mass is 10.0. The molecule has 3 heteroatoms. The average molecular weight is 215 g/mol. The lowest BCUT2D eigenvalue weighted by molar-refractivity contribution is 0.675. The molecule has 0 fully saturated rings. The fourth-order valence-corrected chi connectivity index (χ4v) is 1.87. The molecule has 1 aromatic heterocycles. The molecule has 0 amide bonds. The van der Waals surface area contributed by atoms with E-state index >= 15 is 0 Å². The van der Waals surface area contributed by atoms with Crippen molar-refractivity contribution in [1.29, 1.82) is 0 Å². The highest BCUT2D eigenvalue weighted by molar-refractivity contribution is 5.45. The first-order valence-electron chi connectivity index (χ1n) is 5.43. The van der Waals surface area contributed by atoms with E-state index in [1.54, 1.807) is 0 Å². The van der Waals surface area contributed by atoms with Gasteiger partial charge >= 0.3 is 0 Å². The first-order valence-corrected chi connectivity index (χ1v) is 5.43. The van der Waals surface area contributed by atoms with Gasteiger partial charge in [0.1, 0.15) is 0 Å². The Bertz CT molecular complexity index is 417. The van der Waals surface area contributed by atoms with Gasteiger partial charge in [-0.05, 0) is 36.9 Å². The van der Waals surface area contributed by atoms with Crippen molar-refractivity contribution in [1.82, 2.24) is 10.3 Å². The van der Waals surface area contributed by atoms with Crippen LogP contribution in [0.3, 0.4) is 0 Å². The molecule has 0 saturated carbocycles. The Hall–Kier alpha value is -1.74. The Morgan fingerprint density at radius 1 is 1.06 bits per heavy atom. The molecule has 0 aliphatic heterocycles. The number of hydrogen-bond acceptors (Lipinski definition) is 2. The maximum atomic E-state index is 3.31. The Morgan fingerprint density at radius 3 is 2.31 bits per heavy atom. The van der Waals surface area contributed by atoms with Gasteiger partial charge in [-0.1, -0.05) is 12.1 Å². The van der Waals surface area contributed by atoms with Crippen molar-refractivity contribution >= 4 is 5.69 Å². The molecule has 16 heavy (non-hydrogen) atoms. The minimum Gasteiger partial charge on any atom is -0.388 e. The van der Waals surface area contributed by atoms with Gasteiger partial charge in [0.05, 0.1) is 6.04 Å². The molecule has 1 atom stereocenters. The van der Waals surface area contributed by atoms with E-state index in [1.807, 2.05) is 26.4 Å². The summed E-state index contributed by atoms with van der Waals surface area (Å²) < 4.78 is 0. The quantitative estimate of drug-likeness (QED) is 0.732. The molecule has 1 heterocycles. The molecule has 84 valence electrons. The maximum Gasteiger partial charge on any atom is 0.0726 e. The number of nitrogens with one attached hydrogen (secondary N) is 3. The molecule has 0 saturated heterocycles. The molecule has 0 bridgehead atoms. The van der Waals surface area contributed by atoms with Gasteiger partial charge in [-0.3, -0.25) is 0 Å². The van der Waals surface area contributed by atoms with E-state index in [2.05, 4.69) is 45.9 Å². The van der Waals surface area contributed by atoms with Crippen molar-refractivity contribution in [3.8, 4) is 0 Å². The topological polar surface area (TPSA) is 39.8 Å². The SMILES string of the molecule is CNc1ccc(C(NC)c2ccc[nH]2)cc1. The van der Waals surface area contributed by atoms with Crippen LogP contribution in [0.5, 0.6) is 0 Å². The smallest absolute Gasteiger partial charge is 0.0726 e. The van der Waals surface area contributed by atoms with Gasteiger partial charge in [0.25, 0.3) is 0 Å². The lowest BCUT2D eigenvalue weighted by Gasteiger charge is -2.15. The Balaban J connectivity index is 2.27. The van der Waals surface area contributed by atoms with Crippen LogP contribution in [0.15, 0.2) is 42.6 Å². The second-order valence-corrected chi connectivity index (χ2v) is 3.72. The van der Waals surface area contributed by atoms with Gasteiger partial charge in [-0.15, -0.1) is 0 Å². The molecule has 3 nitrogen and oxygen atoms in total. The largest absolute Gasteiger partial charge is 0.388 e. The number of benzene rings is 1. The van der Waals surface area contributed by atoms with Crippen molar-refractivity contribution < 1.29 is 0 Å². The molecule has 0 aliphatic carbocycles. The third kappa shape index (κ3) is 2.09. The molecule has 1 unspecified atom stereocenters. The van der Waals surface area contributed by atoms with E-state index in [0.29, 0.717) is 0 Å². The van der Waals surface area contributed by atoms with E-state index in [4.69, 9.17) is 0 Å². The summed E-state index contributed by atoms with van der Waals surface area (Å²) >= 11 is 0. The molecule has 2 rings (SSSR count). The van der Waals surface area contributed by atoms with Crippen molar-refractivity contribution in [2.75, 3.05) is 19.4 Å². The standard InChI is InChI=1S/C13H17N3/c1-14-11-7-5-10(6-8-11)13(15-2)12-4-3-9-16-12/h3-9,13-16H,1-2H3. The second kappa shape index (κ2) is 4.86. The van der Waals surface area contributed by atoms with Crippen LogP contribution >= 0.6 is 0 Å². The van der Waals surface area contributed by atoms with Gasteiger partial charge in [0.2, 0.25) is 0 Å². The molecule has 1 aromatic carbocycles. The summed E-state index contributed by atoms with van der Waals surface area (Å²) in [4.78, 5) is 3.24. The third-order valence-electron chi connectivity index (χ3n) is 2.75. The highest BCUT2D eigenvalue weighted by atomic mass is 14.9. The van der Waals surface area contributed by atoms with Crippen LogP contribution in [0.1, 0.15) is 17.3 Å². The summed E-state index contributed by atoms with van der Waals surface area (Å²) in [5.74, 6) is 0. The molecule has 0 radical (unpaired) electrons. The van der Waals surface area contributed by atoms with E-state index in [0.717, 1.165) is 5.69 Å². The van der Waals surface area contributed by atoms with Crippen LogP contribution in [-0.2, 0) is 0 Å². The van der Waals surface area contributed by atoms with Gasteiger partial charge in [-0.2, -0.15) is 0 Å². The van der Waals surface area contributed by atoms with E-state index in [1.165, 1.54) is 11.3 Å². The molecular formula is C13H17N3. The Morgan fingerprint density at radius 2 is 1.81 bits per heavy atom. The zero-order valence-electron chi connectivity index (χ0n) is 9.62. The summed E-state index contributed by atoms with van der Waals surface area (Å²) in [6, 6.07) is 12.8. The number of rotatable bonds is 4. The Kier molecular flexibility index (Phi) is 3.27. The first kappa shape index (κ1) is 10.8. The highest BCUT2D eigenvalue weighted by Crippen LogP contribution is 2.21. The fraction of sp³-hybridized carbons (Fsp3) is 0.231. The van der Waals surface area contributed by atoms with E-state index in [-0.39, 0.29) is 6.04 Å². The number of aromatic amines is 1.